The molecule has 2 aliphatic rings. The van der Waals surface area contributed by atoms with Gasteiger partial charge in [0.25, 0.3) is 17.5 Å². The van der Waals surface area contributed by atoms with Gasteiger partial charge < -0.3 is 48.4 Å². The number of allylic oxidation sites excluding steroid dienone is 2. The number of aromatic nitrogens is 2. The molecular formula is C57H62N6O12S. The van der Waals surface area contributed by atoms with Crippen molar-refractivity contribution >= 4 is 52.1 Å². The van der Waals surface area contributed by atoms with Crippen LogP contribution < -0.4 is 19.7 Å². The van der Waals surface area contributed by atoms with Crippen molar-refractivity contribution in [2.45, 2.75) is 64.8 Å². The smallest absolute Gasteiger partial charge is 0.269 e. The number of nitro groups is 1. The molecule has 76 heavy (non-hydrogen) atoms. The Kier molecular flexibility index (Phi) is 18.9. The number of ether oxygens (including phenoxy) is 5. The molecule has 2 aliphatic heterocycles. The molecule has 0 aliphatic carbocycles. The first-order chi connectivity index (χ1) is 36.8. The van der Waals surface area contributed by atoms with Gasteiger partial charge in [0.05, 0.1) is 85.0 Å². The number of rotatable bonds is 26. The van der Waals surface area contributed by atoms with Crippen LogP contribution in [0, 0.1) is 23.0 Å². The number of amides is 3. The van der Waals surface area contributed by atoms with E-state index in [1.807, 2.05) is 106 Å². The summed E-state index contributed by atoms with van der Waals surface area (Å²) in [6, 6.07) is 29.8. The highest BCUT2D eigenvalue weighted by Gasteiger charge is 2.43. The first-order valence-corrected chi connectivity index (χ1v) is 26.1. The molecule has 0 spiro atoms. The molecule has 4 atom stereocenters. The summed E-state index contributed by atoms with van der Waals surface area (Å²) in [5.74, 6) is -0.580. The van der Waals surface area contributed by atoms with Crippen LogP contribution in [-0.2, 0) is 35.1 Å². The summed E-state index contributed by atoms with van der Waals surface area (Å²) >= 11 is 1.58. The third kappa shape index (κ3) is 14.0. The van der Waals surface area contributed by atoms with Crippen LogP contribution in [0.15, 0.2) is 125 Å². The van der Waals surface area contributed by atoms with Crippen LogP contribution in [0.25, 0.3) is 22.1 Å². The van der Waals surface area contributed by atoms with E-state index in [2.05, 4.69) is 15.5 Å². The second kappa shape index (κ2) is 26.3. The summed E-state index contributed by atoms with van der Waals surface area (Å²) < 4.78 is 34.2. The molecule has 19 heteroatoms. The molecule has 398 valence electrons. The van der Waals surface area contributed by atoms with Gasteiger partial charge in [0.2, 0.25) is 11.8 Å². The number of non-ortho nitro benzene ring substituents is 1. The number of nitro benzene ring substituents is 1. The van der Waals surface area contributed by atoms with Crippen molar-refractivity contribution in [1.82, 2.24) is 20.4 Å². The predicted molar refractivity (Wildman–Crippen MR) is 287 cm³/mol. The summed E-state index contributed by atoms with van der Waals surface area (Å²) in [4.78, 5) is 60.5. The van der Waals surface area contributed by atoms with Crippen LogP contribution in [0.2, 0.25) is 0 Å². The minimum absolute atomic E-state index is 0.0185. The highest BCUT2D eigenvalue weighted by atomic mass is 32.1. The van der Waals surface area contributed by atoms with Crippen molar-refractivity contribution in [2.75, 3.05) is 64.3 Å². The minimum atomic E-state index is -0.854. The van der Waals surface area contributed by atoms with Crippen molar-refractivity contribution < 1.29 is 52.6 Å². The molecular weight excluding hydrogens is 993 g/mol. The molecule has 8 rings (SSSR count). The SMILES string of the molecule is Cc1ncsc1-c1ccc([C@H](C)NC(=O)[C@@H]2C[C@@H](O)CN2C(=O)C(c2cc(OCCOCCOCCOCCOc3ccc(CN4C(=O)/C(=C/C=C/c5ccc([N+](=O)[O-])cc5)c5ccccc54)cc3)no2)C(C)C)cc1. The number of aryl methyl sites for hydroxylation is 1. The number of aliphatic hydroxyl groups is 1. The molecule has 0 saturated carbocycles. The van der Waals surface area contributed by atoms with Gasteiger partial charge in [-0.1, -0.05) is 80.6 Å². The van der Waals surface area contributed by atoms with Crippen LogP contribution in [0.4, 0.5) is 11.4 Å². The molecule has 6 aromatic rings. The summed E-state index contributed by atoms with van der Waals surface area (Å²) in [6.07, 6.45) is 4.63. The van der Waals surface area contributed by atoms with Crippen molar-refractivity contribution in [2.24, 2.45) is 5.92 Å². The topological polar surface area (TPSA) is 218 Å². The summed E-state index contributed by atoms with van der Waals surface area (Å²) in [7, 11) is 0. The molecule has 0 radical (unpaired) electrons. The van der Waals surface area contributed by atoms with Crippen LogP contribution >= 0.6 is 11.3 Å². The molecule has 1 saturated heterocycles. The van der Waals surface area contributed by atoms with E-state index in [0.29, 0.717) is 63.3 Å². The fourth-order valence-electron chi connectivity index (χ4n) is 9.03. The molecule has 2 aromatic heterocycles. The van der Waals surface area contributed by atoms with E-state index >= 15 is 0 Å². The molecule has 18 nitrogen and oxygen atoms in total. The number of fused-ring (bicyclic) bond motifs is 1. The Bertz CT molecular complexity index is 2970. The van der Waals surface area contributed by atoms with Gasteiger partial charge in [-0.15, -0.1) is 11.3 Å². The molecule has 0 bridgehead atoms. The van der Waals surface area contributed by atoms with Gasteiger partial charge in [0.15, 0.2) is 5.76 Å². The van der Waals surface area contributed by atoms with E-state index in [1.54, 1.807) is 52.7 Å². The van der Waals surface area contributed by atoms with Gasteiger partial charge in [-0.3, -0.25) is 24.5 Å². The average Bonchev–Trinajstić information content (AvgIpc) is 4.26. The van der Waals surface area contributed by atoms with Gasteiger partial charge >= 0.3 is 0 Å². The Labute approximate surface area is 445 Å². The predicted octanol–water partition coefficient (Wildman–Crippen LogP) is 8.74. The van der Waals surface area contributed by atoms with Crippen LogP contribution in [0.1, 0.15) is 72.9 Å². The number of hydrogen-bond acceptors (Lipinski definition) is 15. The maximum Gasteiger partial charge on any atom is 0.269 e. The highest BCUT2D eigenvalue weighted by molar-refractivity contribution is 7.13. The molecule has 3 amide bonds. The quantitative estimate of drug-likeness (QED) is 0.0225. The number of β-amino-alcohol motifs (C(OH)–C–C–N with tert-alkyl or cyclic N) is 1. The Morgan fingerprint density at radius 2 is 1.57 bits per heavy atom. The number of thiazole rings is 1. The van der Waals surface area contributed by atoms with Gasteiger partial charge in [0.1, 0.15) is 30.9 Å². The first kappa shape index (κ1) is 54.7. The average molecular weight is 1060 g/mol. The van der Waals surface area contributed by atoms with E-state index in [0.717, 1.165) is 44.1 Å². The zero-order valence-electron chi connectivity index (χ0n) is 42.9. The number of carbonyl (C=O) groups excluding carboxylic acids is 3. The first-order valence-electron chi connectivity index (χ1n) is 25.2. The molecule has 4 heterocycles. The summed E-state index contributed by atoms with van der Waals surface area (Å²) in [5, 5.41) is 28.7. The Hall–Kier alpha value is -7.55. The van der Waals surface area contributed by atoms with Crippen molar-refractivity contribution in [1.29, 1.82) is 0 Å². The molecule has 2 N–H and O–H groups in total. The number of nitrogens with one attached hydrogen (secondary N) is 1. The Morgan fingerprint density at radius 3 is 2.22 bits per heavy atom. The Morgan fingerprint density at radius 1 is 0.895 bits per heavy atom. The van der Waals surface area contributed by atoms with Crippen LogP contribution in [0.5, 0.6) is 11.6 Å². The van der Waals surface area contributed by atoms with Gasteiger partial charge in [0, 0.05) is 42.3 Å². The lowest BCUT2D eigenvalue weighted by atomic mass is 9.91. The second-order valence-electron chi connectivity index (χ2n) is 18.7. The number of nitrogens with zero attached hydrogens (tertiary/aromatic N) is 5. The number of para-hydroxylation sites is 1. The van der Waals surface area contributed by atoms with E-state index in [9.17, 15) is 29.6 Å². The number of hydrogen-bond donors (Lipinski definition) is 2. The zero-order chi connectivity index (χ0) is 53.6. The van der Waals surface area contributed by atoms with E-state index in [-0.39, 0.29) is 67.4 Å². The van der Waals surface area contributed by atoms with Crippen LogP contribution in [-0.4, -0.2) is 114 Å². The number of anilines is 1. The minimum Gasteiger partial charge on any atom is -0.491 e. The summed E-state index contributed by atoms with van der Waals surface area (Å²) in [5.41, 5.74) is 8.71. The number of benzene rings is 4. The lowest BCUT2D eigenvalue weighted by Gasteiger charge is -2.29. The van der Waals surface area contributed by atoms with Crippen molar-refractivity contribution in [3.05, 3.63) is 165 Å². The molecule has 4 aromatic carbocycles. The van der Waals surface area contributed by atoms with Crippen LogP contribution in [0.3, 0.4) is 0 Å². The fraction of sp³-hybridized carbons (Fsp3) is 0.351. The maximum atomic E-state index is 14.1. The van der Waals surface area contributed by atoms with Gasteiger partial charge in [-0.25, -0.2) is 4.98 Å². The van der Waals surface area contributed by atoms with E-state index in [1.165, 1.54) is 17.0 Å². The monoisotopic (exact) mass is 1050 g/mol. The van der Waals surface area contributed by atoms with Gasteiger partial charge in [-0.2, -0.15) is 0 Å². The van der Waals surface area contributed by atoms with E-state index < -0.39 is 23.0 Å². The Balaban J connectivity index is 0.682. The second-order valence-corrected chi connectivity index (χ2v) is 19.5. The number of likely N-dealkylation sites (tertiary alicyclic amines) is 1. The third-order valence-corrected chi connectivity index (χ3v) is 14.0. The normalized spacial score (nSPS) is 16.7. The van der Waals surface area contributed by atoms with Gasteiger partial charge in [-0.05, 0) is 83.6 Å². The fourth-order valence-corrected chi connectivity index (χ4v) is 9.84. The molecule has 1 fully saturated rings. The largest absolute Gasteiger partial charge is 0.491 e. The lowest BCUT2D eigenvalue weighted by molar-refractivity contribution is -0.384. The highest BCUT2D eigenvalue weighted by Crippen LogP contribution is 2.38. The third-order valence-electron chi connectivity index (χ3n) is 13.0. The van der Waals surface area contributed by atoms with E-state index in [4.69, 9.17) is 28.2 Å². The molecule has 1 unspecified atom stereocenters. The standard InChI is InChI=1S/C57H62N6O12S/c1-37(2)53(57(67)62-35-45(64)32-50(62)55(65)59-38(3)42-16-18-43(19-17-42)54-39(4)58-36-76-54)51-33-52(60-75-51)74-31-29-72-27-25-70-24-26-71-28-30-73-46-22-14-41(15-23-46)34-61-49-11-6-5-9-47(49)48(56(61)66)10-7-8-40-12-20-44(21-13-40)63(68)69/h5-23,33,36-38,45,50,53,64H,24-32,34-35H2,1-4H3,(H,59,65)/b8-7+,48-10+/t38-,45+,50-,53?/m0/s1. The number of aliphatic hydroxyl groups excluding tert-OH is 1. The zero-order valence-corrected chi connectivity index (χ0v) is 43.7. The maximum absolute atomic E-state index is 14.1. The van der Waals surface area contributed by atoms with Crippen molar-refractivity contribution in [3.63, 3.8) is 0 Å². The summed E-state index contributed by atoms with van der Waals surface area (Å²) in [6.45, 7) is 10.6. The lowest BCUT2D eigenvalue weighted by Crippen LogP contribution is -2.48. The van der Waals surface area contributed by atoms with Crippen molar-refractivity contribution in [3.8, 4) is 22.1 Å². The number of carbonyl (C=O) groups is 3.